The van der Waals surface area contributed by atoms with Crippen LogP contribution in [0.4, 0.5) is 10.8 Å². The molecule has 2 aromatic carbocycles. The lowest BCUT2D eigenvalue weighted by Gasteiger charge is -2.18. The largest absolute Gasteiger partial charge is 0.497 e. The number of thiazole rings is 1. The fourth-order valence-electron chi connectivity index (χ4n) is 4.43. The zero-order chi connectivity index (χ0) is 25.2. The molecule has 1 aliphatic rings. The molecule has 2 aromatic heterocycles. The summed E-state index contributed by atoms with van der Waals surface area (Å²) in [5, 5.41) is 3.50. The summed E-state index contributed by atoms with van der Waals surface area (Å²) in [6.07, 6.45) is 2.74. The number of carbonyl (C=O) groups excluding carboxylic acids is 2. The predicted octanol–water partition coefficient (Wildman–Crippen LogP) is 5.21. The maximum absolute atomic E-state index is 13.1. The van der Waals surface area contributed by atoms with Crippen LogP contribution in [0.1, 0.15) is 32.1 Å². The highest BCUT2D eigenvalue weighted by atomic mass is 32.1. The van der Waals surface area contributed by atoms with Gasteiger partial charge < -0.3 is 15.0 Å². The third kappa shape index (κ3) is 4.72. The van der Waals surface area contributed by atoms with Gasteiger partial charge in [-0.3, -0.25) is 14.6 Å². The third-order valence-corrected chi connectivity index (χ3v) is 7.18. The van der Waals surface area contributed by atoms with Crippen molar-refractivity contribution < 1.29 is 14.3 Å². The van der Waals surface area contributed by atoms with Crippen LogP contribution in [-0.2, 0) is 17.6 Å². The van der Waals surface area contributed by atoms with Gasteiger partial charge in [0.05, 0.1) is 24.8 Å². The summed E-state index contributed by atoms with van der Waals surface area (Å²) in [4.78, 5) is 37.5. The molecule has 0 saturated carbocycles. The number of aryl methyl sites for hydroxylation is 2. The summed E-state index contributed by atoms with van der Waals surface area (Å²) >= 11 is 1.46. The number of ether oxygens (including phenoxy) is 1. The molecule has 0 unspecified atom stereocenters. The monoisotopic (exact) mass is 498 g/mol. The second-order valence-electron chi connectivity index (χ2n) is 8.68. The van der Waals surface area contributed by atoms with Crippen molar-refractivity contribution in [3.8, 4) is 17.0 Å². The third-order valence-electron chi connectivity index (χ3n) is 6.30. The zero-order valence-corrected chi connectivity index (χ0v) is 21.2. The Morgan fingerprint density at radius 3 is 2.67 bits per heavy atom. The number of amides is 2. The van der Waals surface area contributed by atoms with Gasteiger partial charge in [0, 0.05) is 34.6 Å². The Labute approximate surface area is 213 Å². The van der Waals surface area contributed by atoms with Crippen LogP contribution in [0.5, 0.6) is 5.75 Å². The zero-order valence-electron chi connectivity index (χ0n) is 20.4. The number of pyridine rings is 1. The van der Waals surface area contributed by atoms with Crippen LogP contribution in [0.2, 0.25) is 0 Å². The van der Waals surface area contributed by atoms with E-state index in [4.69, 9.17) is 9.72 Å². The van der Waals surface area contributed by atoms with Crippen LogP contribution in [0.15, 0.2) is 60.8 Å². The van der Waals surface area contributed by atoms with E-state index in [1.807, 2.05) is 61.2 Å². The van der Waals surface area contributed by atoms with E-state index < -0.39 is 0 Å². The molecule has 36 heavy (non-hydrogen) atoms. The summed E-state index contributed by atoms with van der Waals surface area (Å²) in [7, 11) is 1.61. The Hall–Kier alpha value is -4.04. The van der Waals surface area contributed by atoms with Gasteiger partial charge in [-0.2, -0.15) is 0 Å². The van der Waals surface area contributed by atoms with E-state index >= 15 is 0 Å². The van der Waals surface area contributed by atoms with Crippen LogP contribution >= 0.6 is 11.3 Å². The number of hydrogen-bond acceptors (Lipinski definition) is 6. The van der Waals surface area contributed by atoms with Crippen molar-refractivity contribution in [2.45, 2.75) is 26.7 Å². The van der Waals surface area contributed by atoms with Crippen molar-refractivity contribution in [2.24, 2.45) is 0 Å². The van der Waals surface area contributed by atoms with Gasteiger partial charge in [-0.1, -0.05) is 18.2 Å². The standard InChI is InChI=1S/C28H26N4O3S/c1-17-23(5-4-13-29-17)27(34)32-14-12-20-16-21(8-11-24(20)32)26-18(2)36-28(31-26)30-25(33)15-19-6-9-22(35-3)10-7-19/h4-11,13,16H,12,14-15H2,1-3H3,(H,30,31,33). The van der Waals surface area contributed by atoms with Gasteiger partial charge in [-0.25, -0.2) is 4.98 Å². The summed E-state index contributed by atoms with van der Waals surface area (Å²) in [5.41, 5.74) is 6.11. The fraction of sp³-hybridized carbons (Fsp3) is 0.214. The highest BCUT2D eigenvalue weighted by Gasteiger charge is 2.27. The number of methoxy groups -OCH3 is 1. The summed E-state index contributed by atoms with van der Waals surface area (Å²) in [6.45, 7) is 4.49. The molecule has 182 valence electrons. The Morgan fingerprint density at radius 1 is 1.11 bits per heavy atom. The molecule has 1 N–H and O–H groups in total. The van der Waals surface area contributed by atoms with Crippen molar-refractivity contribution in [1.29, 1.82) is 0 Å². The van der Waals surface area contributed by atoms with E-state index in [-0.39, 0.29) is 18.2 Å². The molecule has 2 amide bonds. The highest BCUT2D eigenvalue weighted by Crippen LogP contribution is 2.36. The molecule has 1 aliphatic heterocycles. The first-order chi connectivity index (χ1) is 17.4. The molecule has 0 radical (unpaired) electrons. The Balaban J connectivity index is 1.31. The summed E-state index contributed by atoms with van der Waals surface area (Å²) < 4.78 is 5.17. The maximum Gasteiger partial charge on any atom is 0.260 e. The molecule has 4 aromatic rings. The molecule has 5 rings (SSSR count). The number of benzene rings is 2. The number of carbonyl (C=O) groups is 2. The van der Waals surface area contributed by atoms with Crippen LogP contribution in [-0.4, -0.2) is 35.4 Å². The molecule has 7 nitrogen and oxygen atoms in total. The van der Waals surface area contributed by atoms with Crippen LogP contribution in [0, 0.1) is 13.8 Å². The lowest BCUT2D eigenvalue weighted by atomic mass is 10.1. The van der Waals surface area contributed by atoms with E-state index in [0.29, 0.717) is 17.2 Å². The molecule has 0 atom stereocenters. The quantitative estimate of drug-likeness (QED) is 0.394. The minimum Gasteiger partial charge on any atom is -0.497 e. The molecule has 0 spiro atoms. The summed E-state index contributed by atoms with van der Waals surface area (Å²) in [6, 6.07) is 17.1. The van der Waals surface area contributed by atoms with E-state index in [2.05, 4.69) is 16.4 Å². The number of hydrogen-bond donors (Lipinski definition) is 1. The van der Waals surface area contributed by atoms with Crippen molar-refractivity contribution in [2.75, 3.05) is 23.9 Å². The molecular weight excluding hydrogens is 472 g/mol. The van der Waals surface area contributed by atoms with Gasteiger partial charge in [0.15, 0.2) is 5.13 Å². The molecular formula is C28H26N4O3S. The number of nitrogens with zero attached hydrogens (tertiary/aromatic N) is 3. The number of nitrogens with one attached hydrogen (secondary N) is 1. The average molecular weight is 499 g/mol. The van der Waals surface area contributed by atoms with E-state index in [9.17, 15) is 9.59 Å². The molecule has 0 bridgehead atoms. The number of anilines is 2. The van der Waals surface area contributed by atoms with E-state index in [1.54, 1.807) is 19.4 Å². The maximum atomic E-state index is 13.1. The lowest BCUT2D eigenvalue weighted by Crippen LogP contribution is -2.29. The topological polar surface area (TPSA) is 84.4 Å². The fourth-order valence-corrected chi connectivity index (χ4v) is 5.28. The van der Waals surface area contributed by atoms with Crippen molar-refractivity contribution >= 4 is 34.0 Å². The smallest absolute Gasteiger partial charge is 0.260 e. The number of rotatable bonds is 6. The van der Waals surface area contributed by atoms with E-state index in [1.165, 1.54) is 11.3 Å². The van der Waals surface area contributed by atoms with Crippen molar-refractivity contribution in [3.63, 3.8) is 0 Å². The van der Waals surface area contributed by atoms with Gasteiger partial charge in [-0.15, -0.1) is 11.3 Å². The van der Waals surface area contributed by atoms with E-state index in [0.717, 1.165) is 50.8 Å². The molecule has 0 aliphatic carbocycles. The molecule has 0 fully saturated rings. The lowest BCUT2D eigenvalue weighted by molar-refractivity contribution is -0.115. The molecule has 0 saturated heterocycles. The Morgan fingerprint density at radius 2 is 1.92 bits per heavy atom. The van der Waals surface area contributed by atoms with Gasteiger partial charge in [0.25, 0.3) is 5.91 Å². The van der Waals surface area contributed by atoms with Gasteiger partial charge in [-0.05, 0) is 67.8 Å². The SMILES string of the molecule is COc1ccc(CC(=O)Nc2nc(-c3ccc4c(c3)CCN4C(=O)c3cccnc3C)c(C)s2)cc1. The number of fused-ring (bicyclic) bond motifs is 1. The molecule has 8 heteroatoms. The normalized spacial score (nSPS) is 12.4. The first-order valence-corrected chi connectivity index (χ1v) is 12.5. The van der Waals surface area contributed by atoms with Gasteiger partial charge in [0.2, 0.25) is 5.91 Å². The second-order valence-corrected chi connectivity index (χ2v) is 9.89. The number of aromatic nitrogens is 2. The van der Waals surface area contributed by atoms with Crippen molar-refractivity contribution in [1.82, 2.24) is 9.97 Å². The van der Waals surface area contributed by atoms with Crippen LogP contribution in [0.3, 0.4) is 0 Å². The Kier molecular flexibility index (Phi) is 6.52. The Bertz CT molecular complexity index is 1450. The van der Waals surface area contributed by atoms with Gasteiger partial charge in [0.1, 0.15) is 5.75 Å². The first-order valence-electron chi connectivity index (χ1n) is 11.7. The minimum atomic E-state index is -0.116. The molecule has 3 heterocycles. The van der Waals surface area contributed by atoms with Crippen molar-refractivity contribution in [3.05, 3.63) is 88.1 Å². The first kappa shape index (κ1) is 23.7. The van der Waals surface area contributed by atoms with Crippen LogP contribution in [0.25, 0.3) is 11.3 Å². The average Bonchev–Trinajstić information content (AvgIpc) is 3.46. The van der Waals surface area contributed by atoms with Crippen LogP contribution < -0.4 is 15.0 Å². The summed E-state index contributed by atoms with van der Waals surface area (Å²) in [5.74, 6) is 0.612. The minimum absolute atomic E-state index is 0.0289. The van der Waals surface area contributed by atoms with Gasteiger partial charge >= 0.3 is 0 Å². The second kappa shape index (κ2) is 9.91. The highest BCUT2D eigenvalue weighted by molar-refractivity contribution is 7.16. The predicted molar refractivity (Wildman–Crippen MR) is 142 cm³/mol.